The standard InChI is InChI=1S/C19H18ClN3O5/c1-4-27-19(26)17-10(2)16(11(3)22-17)18(25)28-9-15(24)23-13-6-5-12(8-21)14(20)7-13/h5-7,22H,4,9H2,1-3H3,(H,23,24). The van der Waals surface area contributed by atoms with Gasteiger partial charge in [-0.05, 0) is 44.5 Å². The van der Waals surface area contributed by atoms with Crippen LogP contribution in [0.25, 0.3) is 0 Å². The predicted molar refractivity (Wildman–Crippen MR) is 101 cm³/mol. The molecule has 2 N–H and O–H groups in total. The van der Waals surface area contributed by atoms with Gasteiger partial charge in [-0.3, -0.25) is 4.79 Å². The lowest BCUT2D eigenvalue weighted by Crippen LogP contribution is -2.21. The molecule has 146 valence electrons. The van der Waals surface area contributed by atoms with Crippen molar-refractivity contribution < 1.29 is 23.9 Å². The molecule has 0 aliphatic heterocycles. The highest BCUT2D eigenvalue weighted by Crippen LogP contribution is 2.21. The zero-order chi connectivity index (χ0) is 20.8. The second-order valence-corrected chi connectivity index (χ2v) is 6.18. The number of rotatable bonds is 6. The number of hydrogen-bond acceptors (Lipinski definition) is 6. The van der Waals surface area contributed by atoms with Crippen LogP contribution in [0.15, 0.2) is 18.2 Å². The van der Waals surface area contributed by atoms with Crippen molar-refractivity contribution >= 4 is 35.1 Å². The van der Waals surface area contributed by atoms with Gasteiger partial charge in [-0.25, -0.2) is 9.59 Å². The van der Waals surface area contributed by atoms with Gasteiger partial charge in [-0.2, -0.15) is 5.26 Å². The highest BCUT2D eigenvalue weighted by atomic mass is 35.5. The van der Waals surface area contributed by atoms with Gasteiger partial charge >= 0.3 is 11.9 Å². The Hall–Kier alpha value is -3.31. The topological polar surface area (TPSA) is 121 Å². The van der Waals surface area contributed by atoms with Crippen molar-refractivity contribution in [1.29, 1.82) is 5.26 Å². The van der Waals surface area contributed by atoms with Crippen LogP contribution in [-0.2, 0) is 14.3 Å². The Morgan fingerprint density at radius 2 is 1.93 bits per heavy atom. The lowest BCUT2D eigenvalue weighted by molar-refractivity contribution is -0.119. The molecule has 0 spiro atoms. The summed E-state index contributed by atoms with van der Waals surface area (Å²) in [6.45, 7) is 4.55. The number of carbonyl (C=O) groups excluding carboxylic acids is 3. The summed E-state index contributed by atoms with van der Waals surface area (Å²) in [5.41, 5.74) is 1.82. The molecular weight excluding hydrogens is 386 g/mol. The molecule has 1 aromatic carbocycles. The van der Waals surface area contributed by atoms with E-state index < -0.39 is 24.5 Å². The SMILES string of the molecule is CCOC(=O)c1[nH]c(C)c(C(=O)OCC(=O)Nc2ccc(C#N)c(Cl)c2)c1C. The number of aromatic amines is 1. The maximum Gasteiger partial charge on any atom is 0.355 e. The number of nitrogens with one attached hydrogen (secondary N) is 2. The first-order chi connectivity index (χ1) is 13.3. The van der Waals surface area contributed by atoms with Crippen LogP contribution < -0.4 is 5.32 Å². The average molecular weight is 404 g/mol. The van der Waals surface area contributed by atoms with Crippen LogP contribution in [0.4, 0.5) is 5.69 Å². The Bertz CT molecular complexity index is 975. The van der Waals surface area contributed by atoms with Gasteiger partial charge in [-0.1, -0.05) is 11.6 Å². The molecule has 28 heavy (non-hydrogen) atoms. The molecule has 8 nitrogen and oxygen atoms in total. The summed E-state index contributed by atoms with van der Waals surface area (Å²) in [7, 11) is 0. The molecule has 0 bridgehead atoms. The number of anilines is 1. The minimum Gasteiger partial charge on any atom is -0.461 e. The van der Waals surface area contributed by atoms with Gasteiger partial charge in [-0.15, -0.1) is 0 Å². The Kier molecular flexibility index (Phi) is 6.79. The van der Waals surface area contributed by atoms with E-state index in [1.54, 1.807) is 20.8 Å². The van der Waals surface area contributed by atoms with Crippen molar-refractivity contribution in [1.82, 2.24) is 4.98 Å². The second kappa shape index (κ2) is 9.06. The van der Waals surface area contributed by atoms with E-state index in [1.807, 2.05) is 6.07 Å². The van der Waals surface area contributed by atoms with Gasteiger partial charge in [0.25, 0.3) is 5.91 Å². The highest BCUT2D eigenvalue weighted by molar-refractivity contribution is 6.32. The third kappa shape index (κ3) is 4.69. The van der Waals surface area contributed by atoms with E-state index in [9.17, 15) is 14.4 Å². The first-order valence-electron chi connectivity index (χ1n) is 8.31. The van der Waals surface area contributed by atoms with Crippen LogP contribution >= 0.6 is 11.6 Å². The van der Waals surface area contributed by atoms with Crippen LogP contribution in [0.1, 0.15) is 44.6 Å². The number of aromatic nitrogens is 1. The lowest BCUT2D eigenvalue weighted by atomic mass is 10.1. The van der Waals surface area contributed by atoms with Crippen molar-refractivity contribution in [2.45, 2.75) is 20.8 Å². The number of carbonyl (C=O) groups is 3. The maximum atomic E-state index is 12.3. The van der Waals surface area contributed by atoms with E-state index >= 15 is 0 Å². The van der Waals surface area contributed by atoms with Crippen molar-refractivity contribution in [2.75, 3.05) is 18.5 Å². The quantitative estimate of drug-likeness (QED) is 0.714. The number of H-pyrrole nitrogens is 1. The van der Waals surface area contributed by atoms with E-state index in [0.717, 1.165) is 0 Å². The third-order valence-electron chi connectivity index (χ3n) is 3.83. The van der Waals surface area contributed by atoms with Crippen molar-refractivity contribution in [3.05, 3.63) is 51.3 Å². The van der Waals surface area contributed by atoms with E-state index in [4.69, 9.17) is 26.3 Å². The van der Waals surface area contributed by atoms with Crippen molar-refractivity contribution in [3.63, 3.8) is 0 Å². The van der Waals surface area contributed by atoms with Gasteiger partial charge < -0.3 is 19.8 Å². The van der Waals surface area contributed by atoms with Gasteiger partial charge in [0.15, 0.2) is 6.61 Å². The zero-order valence-electron chi connectivity index (χ0n) is 15.5. The van der Waals surface area contributed by atoms with E-state index in [0.29, 0.717) is 16.9 Å². The summed E-state index contributed by atoms with van der Waals surface area (Å²) in [4.78, 5) is 39.0. The summed E-state index contributed by atoms with van der Waals surface area (Å²) in [6, 6.07) is 6.31. The number of benzene rings is 1. The minimum atomic E-state index is -0.741. The fraction of sp³-hybridized carbons (Fsp3) is 0.263. The molecule has 9 heteroatoms. The number of aryl methyl sites for hydroxylation is 1. The molecule has 1 heterocycles. The number of halogens is 1. The third-order valence-corrected chi connectivity index (χ3v) is 4.14. The molecule has 2 rings (SSSR count). The number of nitriles is 1. The predicted octanol–water partition coefficient (Wildman–Crippen LogP) is 3.13. The van der Waals surface area contributed by atoms with Gasteiger partial charge in [0.05, 0.1) is 22.8 Å². The molecule has 0 aliphatic carbocycles. The number of ether oxygens (including phenoxy) is 2. The molecule has 0 radical (unpaired) electrons. The molecule has 0 saturated carbocycles. The largest absolute Gasteiger partial charge is 0.461 e. The molecule has 0 unspecified atom stereocenters. The molecule has 2 aromatic rings. The summed E-state index contributed by atoms with van der Waals surface area (Å²) in [5.74, 6) is -1.89. The Balaban J connectivity index is 2.02. The number of esters is 2. The minimum absolute atomic E-state index is 0.169. The Morgan fingerprint density at radius 3 is 2.54 bits per heavy atom. The van der Waals surface area contributed by atoms with Crippen molar-refractivity contribution in [2.24, 2.45) is 0 Å². The first-order valence-corrected chi connectivity index (χ1v) is 8.69. The molecule has 1 aromatic heterocycles. The van der Waals surface area contributed by atoms with Gasteiger partial charge in [0, 0.05) is 11.4 Å². The molecule has 0 saturated heterocycles. The van der Waals surface area contributed by atoms with E-state index in [-0.39, 0.29) is 28.5 Å². The fourth-order valence-electron chi connectivity index (χ4n) is 2.55. The van der Waals surface area contributed by atoms with Gasteiger partial charge in [0.2, 0.25) is 0 Å². The Labute approximate surface area is 166 Å². The van der Waals surface area contributed by atoms with Gasteiger partial charge in [0.1, 0.15) is 11.8 Å². The number of hydrogen-bond donors (Lipinski definition) is 2. The monoisotopic (exact) mass is 403 g/mol. The van der Waals surface area contributed by atoms with Crippen LogP contribution in [0.3, 0.4) is 0 Å². The summed E-state index contributed by atoms with van der Waals surface area (Å²) in [6.07, 6.45) is 0. The average Bonchev–Trinajstić information content (AvgIpc) is 2.94. The molecular formula is C19H18ClN3O5. The summed E-state index contributed by atoms with van der Waals surface area (Å²) >= 11 is 5.91. The highest BCUT2D eigenvalue weighted by Gasteiger charge is 2.24. The van der Waals surface area contributed by atoms with E-state index in [1.165, 1.54) is 18.2 Å². The molecule has 1 amide bonds. The number of nitrogens with zero attached hydrogens (tertiary/aromatic N) is 1. The maximum absolute atomic E-state index is 12.3. The van der Waals surface area contributed by atoms with Crippen LogP contribution in [-0.4, -0.2) is 36.0 Å². The smallest absolute Gasteiger partial charge is 0.355 e. The molecule has 0 atom stereocenters. The number of amides is 1. The molecule has 0 aliphatic rings. The summed E-state index contributed by atoms with van der Waals surface area (Å²) in [5, 5.41) is 11.6. The van der Waals surface area contributed by atoms with Crippen LogP contribution in [0.5, 0.6) is 0 Å². The normalized spacial score (nSPS) is 10.1. The van der Waals surface area contributed by atoms with Crippen LogP contribution in [0.2, 0.25) is 5.02 Å². The molecule has 0 fully saturated rings. The fourth-order valence-corrected chi connectivity index (χ4v) is 2.77. The lowest BCUT2D eigenvalue weighted by Gasteiger charge is -2.08. The van der Waals surface area contributed by atoms with E-state index in [2.05, 4.69) is 10.3 Å². The zero-order valence-corrected chi connectivity index (χ0v) is 16.3. The second-order valence-electron chi connectivity index (χ2n) is 5.78. The summed E-state index contributed by atoms with van der Waals surface area (Å²) < 4.78 is 9.97. The van der Waals surface area contributed by atoms with Crippen LogP contribution in [0, 0.1) is 25.2 Å². The Morgan fingerprint density at radius 1 is 1.21 bits per heavy atom. The first kappa shape index (κ1) is 21.0. The van der Waals surface area contributed by atoms with Crippen molar-refractivity contribution in [3.8, 4) is 6.07 Å².